The van der Waals surface area contributed by atoms with E-state index in [-0.39, 0.29) is 24.3 Å². The van der Waals surface area contributed by atoms with Gasteiger partial charge in [0.25, 0.3) is 0 Å². The number of ether oxygens (including phenoxy) is 2. The van der Waals surface area contributed by atoms with Crippen LogP contribution in [-0.4, -0.2) is 48.1 Å². The van der Waals surface area contributed by atoms with Gasteiger partial charge in [-0.1, -0.05) is 11.8 Å². The van der Waals surface area contributed by atoms with E-state index in [4.69, 9.17) is 31.5 Å². The van der Waals surface area contributed by atoms with Gasteiger partial charge in [-0.3, -0.25) is 4.57 Å². The zero-order valence-electron chi connectivity index (χ0n) is 13.5. The molecule has 0 radical (unpaired) electrons. The van der Waals surface area contributed by atoms with Gasteiger partial charge in [-0.15, -0.1) is 0 Å². The summed E-state index contributed by atoms with van der Waals surface area (Å²) in [4.78, 5) is 27.6. The van der Waals surface area contributed by atoms with Gasteiger partial charge in [0.15, 0.2) is 0 Å². The average Bonchev–Trinajstić information content (AvgIpc) is 2.85. The van der Waals surface area contributed by atoms with Crippen LogP contribution in [0, 0.1) is 6.92 Å². The number of hydrogen-bond acceptors (Lipinski definition) is 9. The number of methoxy groups -OCH3 is 1. The minimum absolute atomic E-state index is 0. The number of nitrogen functional groups attached to an aromatic ring is 1. The third-order valence-corrected chi connectivity index (χ3v) is 5.17. The van der Waals surface area contributed by atoms with Crippen molar-refractivity contribution in [2.75, 3.05) is 26.6 Å². The summed E-state index contributed by atoms with van der Waals surface area (Å²) in [5, 5.41) is 0. The van der Waals surface area contributed by atoms with E-state index >= 15 is 0 Å². The monoisotopic (exact) mass is 382 g/mol. The average molecular weight is 382 g/mol. The molecule has 1 aliphatic rings. The van der Waals surface area contributed by atoms with Gasteiger partial charge in [0.05, 0.1) is 12.7 Å². The van der Waals surface area contributed by atoms with Crippen LogP contribution in [0.4, 0.5) is 5.82 Å². The van der Waals surface area contributed by atoms with Crippen LogP contribution in [0.1, 0.15) is 18.2 Å². The highest BCUT2D eigenvalue weighted by Gasteiger charge is 2.38. The minimum atomic E-state index is -3.61. The Morgan fingerprint density at radius 3 is 2.83 bits per heavy atom. The molecule has 0 aromatic carbocycles. The van der Waals surface area contributed by atoms with Crippen LogP contribution in [0.5, 0.6) is 0 Å². The van der Waals surface area contributed by atoms with Gasteiger partial charge in [0.1, 0.15) is 24.9 Å². The summed E-state index contributed by atoms with van der Waals surface area (Å²) < 4.78 is 22.2. The van der Waals surface area contributed by atoms with Crippen LogP contribution in [0.2, 0.25) is 0 Å². The van der Waals surface area contributed by atoms with Crippen LogP contribution in [0.25, 0.3) is 0 Å². The maximum Gasteiger partial charge on any atom is 0.351 e. The number of rotatable bonds is 6. The SMILES string of the molecule is COCC1OC(n2cc(C)c(N)nc2=O)CC1OP([O-])(=S)OC.O. The first-order chi connectivity index (χ1) is 10.8. The van der Waals surface area contributed by atoms with E-state index in [2.05, 4.69) is 9.51 Å². The number of hydrogen-bond donors (Lipinski definition) is 1. The molecule has 4 atom stereocenters. The number of anilines is 1. The molecule has 138 valence electrons. The Balaban J connectivity index is 0.00000288. The van der Waals surface area contributed by atoms with Crippen LogP contribution in [-0.2, 0) is 30.3 Å². The standard InChI is InChI=1S/C12H20N3O6PS.H2O/c1-7-5-15(12(16)14-11(7)13)10-4-8(9(20-10)6-18-2)21-22(17,23)19-3;/h5,8-10H,4,6H2,1-3H3,(H,17,23)(H2,13,14,16);1H2/p-1. The second kappa shape index (κ2) is 8.45. The van der Waals surface area contributed by atoms with Gasteiger partial charge >= 0.3 is 5.69 Å². The molecule has 0 saturated carbocycles. The molecule has 0 spiro atoms. The first-order valence-electron chi connectivity index (χ1n) is 6.82. The van der Waals surface area contributed by atoms with Crippen molar-refractivity contribution in [1.29, 1.82) is 0 Å². The number of nitrogens with zero attached hydrogens (tertiary/aromatic N) is 2. The number of nitrogens with two attached hydrogens (primary N) is 1. The molecule has 2 rings (SSSR count). The molecule has 10 nitrogen and oxygen atoms in total. The summed E-state index contributed by atoms with van der Waals surface area (Å²) in [6.07, 6.45) is -0.00536. The number of aromatic nitrogens is 2. The predicted molar refractivity (Wildman–Crippen MR) is 87.8 cm³/mol. The second-order valence-electron chi connectivity index (χ2n) is 5.09. The highest BCUT2D eigenvalue weighted by atomic mass is 32.5. The molecule has 4 N–H and O–H groups in total. The molecular formula is C12H21N3O7PS-. The fraction of sp³-hybridized carbons (Fsp3) is 0.667. The van der Waals surface area contributed by atoms with E-state index in [0.717, 1.165) is 0 Å². The van der Waals surface area contributed by atoms with Gasteiger partial charge in [-0.05, 0) is 6.92 Å². The minimum Gasteiger partial charge on any atom is -0.780 e. The first kappa shape index (κ1) is 21.1. The lowest BCUT2D eigenvalue weighted by molar-refractivity contribution is -0.210. The number of aryl methyl sites for hydroxylation is 1. The van der Waals surface area contributed by atoms with Gasteiger partial charge in [0, 0.05) is 32.4 Å². The van der Waals surface area contributed by atoms with Crippen molar-refractivity contribution in [3.8, 4) is 0 Å². The molecule has 24 heavy (non-hydrogen) atoms. The van der Waals surface area contributed by atoms with E-state index in [1.165, 1.54) is 18.8 Å². The molecule has 0 amide bonds. The summed E-state index contributed by atoms with van der Waals surface area (Å²) >= 11 is 4.75. The lowest BCUT2D eigenvalue weighted by atomic mass is 10.2. The summed E-state index contributed by atoms with van der Waals surface area (Å²) in [7, 11) is 2.71. The molecule has 1 aromatic rings. The Kier molecular flexibility index (Phi) is 7.44. The highest BCUT2D eigenvalue weighted by molar-refractivity contribution is 8.06. The zero-order chi connectivity index (χ0) is 17.2. The van der Waals surface area contributed by atoms with Gasteiger partial charge in [-0.2, -0.15) is 4.98 Å². The van der Waals surface area contributed by atoms with E-state index in [9.17, 15) is 9.69 Å². The molecule has 1 saturated heterocycles. The Bertz CT molecular complexity index is 671. The smallest absolute Gasteiger partial charge is 0.351 e. The van der Waals surface area contributed by atoms with Crippen molar-refractivity contribution in [2.24, 2.45) is 0 Å². The van der Waals surface area contributed by atoms with Crippen molar-refractivity contribution >= 4 is 24.3 Å². The topological polar surface area (TPSA) is 152 Å². The Morgan fingerprint density at radius 1 is 1.58 bits per heavy atom. The van der Waals surface area contributed by atoms with E-state index < -0.39 is 30.8 Å². The van der Waals surface area contributed by atoms with Crippen LogP contribution in [0.15, 0.2) is 11.0 Å². The maximum atomic E-state index is 12.0. The predicted octanol–water partition coefficient (Wildman–Crippen LogP) is -1.14. The third-order valence-electron chi connectivity index (χ3n) is 3.48. The molecule has 1 fully saturated rings. The van der Waals surface area contributed by atoms with Crippen molar-refractivity contribution in [2.45, 2.75) is 31.8 Å². The Morgan fingerprint density at radius 2 is 2.25 bits per heavy atom. The Hall–Kier alpha value is -0.910. The van der Waals surface area contributed by atoms with Gasteiger partial charge in [0.2, 0.25) is 0 Å². The first-order valence-corrected chi connectivity index (χ1v) is 9.38. The lowest BCUT2D eigenvalue weighted by Gasteiger charge is -2.30. The van der Waals surface area contributed by atoms with Crippen LogP contribution < -0.4 is 16.3 Å². The van der Waals surface area contributed by atoms with E-state index in [0.29, 0.717) is 5.56 Å². The largest absolute Gasteiger partial charge is 0.780 e. The normalized spacial score (nSPS) is 25.9. The Labute approximate surface area is 144 Å². The molecule has 12 heteroatoms. The zero-order valence-corrected chi connectivity index (χ0v) is 15.2. The fourth-order valence-corrected chi connectivity index (χ4v) is 3.26. The molecular weight excluding hydrogens is 361 g/mol. The quantitative estimate of drug-likeness (QED) is 0.601. The van der Waals surface area contributed by atoms with Crippen molar-refractivity contribution in [3.05, 3.63) is 22.2 Å². The molecule has 4 unspecified atom stereocenters. The molecule has 1 aliphatic heterocycles. The highest BCUT2D eigenvalue weighted by Crippen LogP contribution is 2.44. The van der Waals surface area contributed by atoms with Gasteiger partial charge in [-0.25, -0.2) is 4.79 Å². The van der Waals surface area contributed by atoms with Crippen molar-refractivity contribution in [1.82, 2.24) is 9.55 Å². The maximum absolute atomic E-state index is 12.0. The van der Waals surface area contributed by atoms with Crippen molar-refractivity contribution in [3.63, 3.8) is 0 Å². The summed E-state index contributed by atoms with van der Waals surface area (Å²) in [5.74, 6) is 0.167. The molecule has 0 aliphatic carbocycles. The van der Waals surface area contributed by atoms with Crippen LogP contribution in [0.3, 0.4) is 0 Å². The lowest BCUT2D eigenvalue weighted by Crippen LogP contribution is -2.30. The molecule has 1 aromatic heterocycles. The van der Waals surface area contributed by atoms with E-state index in [1.54, 1.807) is 13.1 Å². The molecule has 0 bridgehead atoms. The summed E-state index contributed by atoms with van der Waals surface area (Å²) in [6, 6.07) is 0. The van der Waals surface area contributed by atoms with E-state index in [1.807, 2.05) is 0 Å². The summed E-state index contributed by atoms with van der Waals surface area (Å²) in [6.45, 7) is -1.68. The summed E-state index contributed by atoms with van der Waals surface area (Å²) in [5.41, 5.74) is 5.72. The van der Waals surface area contributed by atoms with Crippen molar-refractivity contribution < 1.29 is 28.9 Å². The second-order valence-corrected chi connectivity index (χ2v) is 7.90. The third kappa shape index (κ3) is 4.80. The molecule has 2 heterocycles. The van der Waals surface area contributed by atoms with Crippen LogP contribution >= 0.6 is 6.72 Å². The van der Waals surface area contributed by atoms with Gasteiger partial charge < -0.3 is 34.6 Å². The fourth-order valence-electron chi connectivity index (χ4n) is 2.29.